The fourth-order valence-electron chi connectivity index (χ4n) is 3.13. The molecule has 1 aliphatic carbocycles. The molecule has 2 aliphatic rings. The summed E-state index contributed by atoms with van der Waals surface area (Å²) in [6, 6.07) is -0.0490. The van der Waals surface area contributed by atoms with Gasteiger partial charge in [0.15, 0.2) is 0 Å². The summed E-state index contributed by atoms with van der Waals surface area (Å²) in [5.41, 5.74) is 5.66. The Morgan fingerprint density at radius 3 is 2.39 bits per heavy atom. The number of likely N-dealkylation sites (tertiary alicyclic amines) is 1. The molecule has 2 amide bonds. The predicted octanol–water partition coefficient (Wildman–Crippen LogP) is 1.68. The number of carbonyl (C=O) groups is 2. The van der Waals surface area contributed by atoms with Gasteiger partial charge in [-0.05, 0) is 18.8 Å². The third kappa shape index (κ3) is 2.58. The largest absolute Gasteiger partial charge is 0.326 e. The van der Waals surface area contributed by atoms with Crippen LogP contribution in [0.5, 0.6) is 0 Å². The molecule has 0 aromatic carbocycles. The molecule has 2 fully saturated rings. The maximum absolute atomic E-state index is 12.1. The minimum atomic E-state index is -0.538. The van der Waals surface area contributed by atoms with Gasteiger partial charge in [-0.2, -0.15) is 0 Å². The summed E-state index contributed by atoms with van der Waals surface area (Å²) in [5.74, 6) is 0.359. The zero-order valence-electron chi connectivity index (χ0n) is 11.4. The van der Waals surface area contributed by atoms with E-state index in [4.69, 9.17) is 5.73 Å². The fraction of sp³-hybridized carbons (Fsp3) is 0.857. The second-order valence-electron chi connectivity index (χ2n) is 6.43. The zero-order chi connectivity index (χ0) is 13.3. The first-order valence-electron chi connectivity index (χ1n) is 7.02. The van der Waals surface area contributed by atoms with E-state index < -0.39 is 5.41 Å². The highest BCUT2D eigenvalue weighted by Gasteiger charge is 2.45. The van der Waals surface area contributed by atoms with Crippen molar-refractivity contribution in [3.05, 3.63) is 0 Å². The smallest absolute Gasteiger partial charge is 0.235 e. The molecule has 1 unspecified atom stereocenters. The predicted molar refractivity (Wildman–Crippen MR) is 69.7 cm³/mol. The van der Waals surface area contributed by atoms with Gasteiger partial charge in [0.1, 0.15) is 0 Å². The van der Waals surface area contributed by atoms with Crippen LogP contribution < -0.4 is 5.73 Å². The van der Waals surface area contributed by atoms with E-state index in [0.717, 1.165) is 12.8 Å². The summed E-state index contributed by atoms with van der Waals surface area (Å²) < 4.78 is 0. The van der Waals surface area contributed by atoms with Crippen LogP contribution in [0.15, 0.2) is 0 Å². The Labute approximate surface area is 109 Å². The quantitative estimate of drug-likeness (QED) is 0.777. The number of nitrogens with two attached hydrogens (primary N) is 1. The van der Waals surface area contributed by atoms with E-state index in [0.29, 0.717) is 18.9 Å². The molecule has 0 bridgehead atoms. The second-order valence-corrected chi connectivity index (χ2v) is 6.43. The van der Waals surface area contributed by atoms with Crippen molar-refractivity contribution in [1.29, 1.82) is 0 Å². The third-order valence-electron chi connectivity index (χ3n) is 4.37. The molecule has 1 atom stereocenters. The van der Waals surface area contributed by atoms with Gasteiger partial charge in [-0.1, -0.05) is 33.1 Å². The maximum atomic E-state index is 12.1. The van der Waals surface area contributed by atoms with Gasteiger partial charge in [-0.25, -0.2) is 0 Å². The Balaban J connectivity index is 1.96. The van der Waals surface area contributed by atoms with Crippen LogP contribution in [0.3, 0.4) is 0 Å². The number of hydrogen-bond donors (Lipinski definition) is 1. The molecule has 102 valence electrons. The molecule has 1 saturated heterocycles. The summed E-state index contributed by atoms with van der Waals surface area (Å²) in [7, 11) is 0. The number of nitrogens with zero attached hydrogens (tertiary/aromatic N) is 1. The molecule has 0 aromatic heterocycles. The summed E-state index contributed by atoms with van der Waals surface area (Å²) in [4.78, 5) is 25.4. The Morgan fingerprint density at radius 1 is 1.28 bits per heavy atom. The zero-order valence-corrected chi connectivity index (χ0v) is 11.4. The van der Waals surface area contributed by atoms with Gasteiger partial charge in [0.2, 0.25) is 11.8 Å². The van der Waals surface area contributed by atoms with Gasteiger partial charge in [-0.3, -0.25) is 14.5 Å². The van der Waals surface area contributed by atoms with E-state index in [1.165, 1.54) is 24.2 Å². The highest BCUT2D eigenvalue weighted by atomic mass is 16.2. The molecule has 0 radical (unpaired) electrons. The van der Waals surface area contributed by atoms with Crippen LogP contribution in [-0.2, 0) is 9.59 Å². The maximum Gasteiger partial charge on any atom is 0.235 e. The van der Waals surface area contributed by atoms with Crippen LogP contribution >= 0.6 is 0 Å². The molecule has 1 saturated carbocycles. The van der Waals surface area contributed by atoms with Gasteiger partial charge in [-0.15, -0.1) is 0 Å². The van der Waals surface area contributed by atoms with Gasteiger partial charge >= 0.3 is 0 Å². The molecule has 4 heteroatoms. The van der Waals surface area contributed by atoms with E-state index in [9.17, 15) is 9.59 Å². The van der Waals surface area contributed by atoms with Crippen molar-refractivity contribution in [2.45, 2.75) is 58.4 Å². The monoisotopic (exact) mass is 252 g/mol. The van der Waals surface area contributed by atoms with Crippen LogP contribution in [0.1, 0.15) is 52.4 Å². The van der Waals surface area contributed by atoms with Crippen molar-refractivity contribution in [3.8, 4) is 0 Å². The van der Waals surface area contributed by atoms with Crippen molar-refractivity contribution >= 4 is 11.8 Å². The van der Waals surface area contributed by atoms with Crippen LogP contribution in [0.25, 0.3) is 0 Å². The van der Waals surface area contributed by atoms with E-state index in [2.05, 4.69) is 0 Å². The summed E-state index contributed by atoms with van der Waals surface area (Å²) >= 11 is 0. The van der Waals surface area contributed by atoms with Crippen LogP contribution in [0, 0.1) is 11.3 Å². The number of amides is 2. The van der Waals surface area contributed by atoms with Crippen molar-refractivity contribution in [2.24, 2.45) is 17.1 Å². The Bertz CT molecular complexity index is 346. The fourth-order valence-corrected chi connectivity index (χ4v) is 3.13. The number of rotatable bonds is 3. The minimum Gasteiger partial charge on any atom is -0.326 e. The van der Waals surface area contributed by atoms with Gasteiger partial charge in [0, 0.05) is 19.0 Å². The van der Waals surface area contributed by atoms with E-state index in [1.807, 2.05) is 13.8 Å². The molecule has 1 heterocycles. The van der Waals surface area contributed by atoms with Crippen molar-refractivity contribution < 1.29 is 9.59 Å². The molecule has 4 nitrogen and oxygen atoms in total. The molecule has 18 heavy (non-hydrogen) atoms. The van der Waals surface area contributed by atoms with Gasteiger partial charge in [0.25, 0.3) is 0 Å². The van der Waals surface area contributed by atoms with Crippen molar-refractivity contribution in [1.82, 2.24) is 4.90 Å². The SMILES string of the molecule is CC1(C)CC(=O)N(CC(N)C2CCCCC2)C1=O. The van der Waals surface area contributed by atoms with Gasteiger partial charge in [0.05, 0.1) is 5.41 Å². The van der Waals surface area contributed by atoms with Crippen molar-refractivity contribution in [2.75, 3.05) is 6.54 Å². The standard InChI is InChI=1S/C14H24N2O2/c1-14(2)8-12(17)16(13(14)18)9-11(15)10-6-4-3-5-7-10/h10-11H,3-9,15H2,1-2H3. The molecular formula is C14H24N2O2. The molecule has 0 spiro atoms. The molecule has 1 aliphatic heterocycles. The van der Waals surface area contributed by atoms with E-state index in [1.54, 1.807) is 0 Å². The average Bonchev–Trinajstić information content (AvgIpc) is 2.52. The lowest BCUT2D eigenvalue weighted by atomic mass is 9.84. The van der Waals surface area contributed by atoms with Crippen LogP contribution in [-0.4, -0.2) is 29.3 Å². The van der Waals surface area contributed by atoms with E-state index in [-0.39, 0.29) is 17.9 Å². The summed E-state index contributed by atoms with van der Waals surface area (Å²) in [6.45, 7) is 4.07. The second kappa shape index (κ2) is 5.00. The summed E-state index contributed by atoms with van der Waals surface area (Å²) in [5, 5.41) is 0. The molecule has 2 rings (SSSR count). The van der Waals surface area contributed by atoms with Crippen molar-refractivity contribution in [3.63, 3.8) is 0 Å². The lowest BCUT2D eigenvalue weighted by Gasteiger charge is -2.30. The number of carbonyl (C=O) groups excluding carboxylic acids is 2. The highest BCUT2D eigenvalue weighted by molar-refractivity contribution is 6.05. The minimum absolute atomic E-state index is 0.0490. The molecule has 0 aromatic rings. The average molecular weight is 252 g/mol. The highest BCUT2D eigenvalue weighted by Crippen LogP contribution is 2.33. The Hall–Kier alpha value is -0.900. The summed E-state index contributed by atoms with van der Waals surface area (Å²) in [6.07, 6.45) is 6.35. The molecule has 2 N–H and O–H groups in total. The van der Waals surface area contributed by atoms with Crippen LogP contribution in [0.2, 0.25) is 0 Å². The number of hydrogen-bond acceptors (Lipinski definition) is 3. The Morgan fingerprint density at radius 2 is 1.89 bits per heavy atom. The first kappa shape index (κ1) is 13.5. The Kier molecular flexibility index (Phi) is 3.76. The topological polar surface area (TPSA) is 63.4 Å². The normalized spacial score (nSPS) is 26.7. The van der Waals surface area contributed by atoms with Gasteiger partial charge < -0.3 is 5.73 Å². The van der Waals surface area contributed by atoms with Crippen LogP contribution in [0.4, 0.5) is 0 Å². The number of imide groups is 1. The lowest BCUT2D eigenvalue weighted by molar-refractivity contribution is -0.141. The first-order chi connectivity index (χ1) is 8.42. The third-order valence-corrected chi connectivity index (χ3v) is 4.37. The van der Waals surface area contributed by atoms with E-state index >= 15 is 0 Å². The molecular weight excluding hydrogens is 228 g/mol. The lowest BCUT2D eigenvalue weighted by Crippen LogP contribution is -2.46. The first-order valence-corrected chi connectivity index (χ1v) is 7.02.